The Morgan fingerprint density at radius 1 is 1.23 bits per heavy atom. The molecule has 210 valence electrons. The lowest BCUT2D eigenvalue weighted by Crippen LogP contribution is -2.50. The molecule has 0 bridgehead atoms. The number of fused-ring (bicyclic) bond motifs is 1. The molecule has 0 saturated heterocycles. The molecule has 1 aromatic carbocycles. The number of sulfonamides is 1. The third kappa shape index (κ3) is 6.11. The first kappa shape index (κ1) is 29.0. The van der Waals surface area contributed by atoms with Gasteiger partial charge in [-0.3, -0.25) is 4.79 Å². The number of alkyl halides is 3. The van der Waals surface area contributed by atoms with E-state index in [1.165, 1.54) is 46.7 Å². The summed E-state index contributed by atoms with van der Waals surface area (Å²) in [6.45, 7) is 3.24. The van der Waals surface area contributed by atoms with Gasteiger partial charge in [0.1, 0.15) is 15.9 Å². The number of benzene rings is 1. The zero-order chi connectivity index (χ0) is 28.5. The van der Waals surface area contributed by atoms with E-state index < -0.39 is 39.8 Å². The van der Waals surface area contributed by atoms with Crippen molar-refractivity contribution < 1.29 is 36.2 Å². The molecule has 1 aliphatic heterocycles. The van der Waals surface area contributed by atoms with E-state index in [1.807, 2.05) is 6.92 Å². The van der Waals surface area contributed by atoms with Gasteiger partial charge in [0.2, 0.25) is 5.88 Å². The molecule has 3 heterocycles. The highest BCUT2D eigenvalue weighted by Gasteiger charge is 2.36. The zero-order valence-electron chi connectivity index (χ0n) is 21.4. The van der Waals surface area contributed by atoms with Gasteiger partial charge in [-0.05, 0) is 42.1 Å². The molecule has 0 aliphatic carbocycles. The van der Waals surface area contributed by atoms with Gasteiger partial charge in [-0.15, -0.1) is 11.3 Å². The molecule has 0 unspecified atom stereocenters. The first-order valence-electron chi connectivity index (χ1n) is 12.1. The Labute approximate surface area is 228 Å². The molecule has 0 spiro atoms. The van der Waals surface area contributed by atoms with E-state index in [-0.39, 0.29) is 52.4 Å². The SMILES string of the molecule is C[C@H](CO)N1C[C@H](C)[C@H](CN(C)S(=O)(=O)c2cccs2)Oc2ncc(-c3cccc(C(F)(F)F)c3)cc2C1=O. The number of thiophene rings is 1. The van der Waals surface area contributed by atoms with Crippen molar-refractivity contribution in [3.63, 3.8) is 0 Å². The van der Waals surface area contributed by atoms with Crippen LogP contribution in [-0.4, -0.2) is 72.5 Å². The maximum Gasteiger partial charge on any atom is 0.416 e. The largest absolute Gasteiger partial charge is 0.472 e. The number of amides is 1. The van der Waals surface area contributed by atoms with Crippen LogP contribution in [-0.2, 0) is 16.2 Å². The second-order valence-electron chi connectivity index (χ2n) is 9.50. The second kappa shape index (κ2) is 11.2. The predicted octanol–water partition coefficient (Wildman–Crippen LogP) is 4.37. The maximum absolute atomic E-state index is 13.6. The van der Waals surface area contributed by atoms with Crippen molar-refractivity contribution in [2.45, 2.75) is 36.4 Å². The van der Waals surface area contributed by atoms with Gasteiger partial charge in [-0.2, -0.15) is 17.5 Å². The standard InChI is InChI=1S/C26H28F3N3O5S2/c1-16-13-32(17(2)15-33)25(34)21-11-19(18-6-4-7-20(10-18)26(27,28)29)12-30-24(21)37-22(16)14-31(3)39(35,36)23-8-5-9-38-23/h4-12,16-17,22,33H,13-15H2,1-3H3/t16-,17+,22-/m0/s1. The molecule has 8 nitrogen and oxygen atoms in total. The Morgan fingerprint density at radius 3 is 2.62 bits per heavy atom. The molecule has 1 amide bonds. The van der Waals surface area contributed by atoms with Crippen molar-refractivity contribution in [1.29, 1.82) is 0 Å². The number of aliphatic hydroxyl groups excluding tert-OH is 1. The van der Waals surface area contributed by atoms with Crippen molar-refractivity contribution >= 4 is 27.3 Å². The molecule has 39 heavy (non-hydrogen) atoms. The van der Waals surface area contributed by atoms with Gasteiger partial charge in [0.25, 0.3) is 15.9 Å². The number of rotatable bonds is 7. The highest BCUT2D eigenvalue weighted by molar-refractivity contribution is 7.91. The van der Waals surface area contributed by atoms with Crippen LogP contribution < -0.4 is 4.74 Å². The van der Waals surface area contributed by atoms with E-state index in [0.29, 0.717) is 0 Å². The highest BCUT2D eigenvalue weighted by atomic mass is 32.2. The van der Waals surface area contributed by atoms with Gasteiger partial charge in [-0.1, -0.05) is 25.1 Å². The van der Waals surface area contributed by atoms with Crippen molar-refractivity contribution in [2.24, 2.45) is 5.92 Å². The fraction of sp³-hybridized carbons (Fsp3) is 0.385. The quantitative estimate of drug-likeness (QED) is 0.444. The van der Waals surface area contributed by atoms with E-state index in [2.05, 4.69) is 4.98 Å². The maximum atomic E-state index is 13.6. The summed E-state index contributed by atoms with van der Waals surface area (Å²) in [5, 5.41) is 11.5. The van der Waals surface area contributed by atoms with Crippen molar-refractivity contribution in [3.05, 3.63) is 65.2 Å². The monoisotopic (exact) mass is 583 g/mol. The van der Waals surface area contributed by atoms with Crippen molar-refractivity contribution in [3.8, 4) is 17.0 Å². The summed E-state index contributed by atoms with van der Waals surface area (Å²) in [5.74, 6) is -0.927. The summed E-state index contributed by atoms with van der Waals surface area (Å²) < 4.78 is 73.4. The number of carbonyl (C=O) groups excluding carboxylic acids is 1. The number of aromatic nitrogens is 1. The topological polar surface area (TPSA) is 100 Å². The van der Waals surface area contributed by atoms with E-state index in [9.17, 15) is 31.5 Å². The average molecular weight is 584 g/mol. The first-order valence-corrected chi connectivity index (χ1v) is 14.4. The van der Waals surface area contributed by atoms with E-state index in [1.54, 1.807) is 18.4 Å². The van der Waals surface area contributed by atoms with E-state index in [4.69, 9.17) is 4.74 Å². The first-order chi connectivity index (χ1) is 18.3. The van der Waals surface area contributed by atoms with E-state index in [0.717, 1.165) is 23.5 Å². The lowest BCUT2D eigenvalue weighted by atomic mass is 9.99. The average Bonchev–Trinajstić information content (AvgIpc) is 3.45. The minimum Gasteiger partial charge on any atom is -0.472 e. The zero-order valence-corrected chi connectivity index (χ0v) is 23.1. The summed E-state index contributed by atoms with van der Waals surface area (Å²) in [6.07, 6.45) is -3.95. The van der Waals surface area contributed by atoms with Gasteiger partial charge in [-0.25, -0.2) is 13.4 Å². The summed E-state index contributed by atoms with van der Waals surface area (Å²) in [7, 11) is -2.34. The lowest BCUT2D eigenvalue weighted by Gasteiger charge is -2.37. The minimum atomic E-state index is -4.54. The van der Waals surface area contributed by atoms with E-state index >= 15 is 0 Å². The number of hydrogen-bond acceptors (Lipinski definition) is 7. The van der Waals surface area contributed by atoms with Gasteiger partial charge in [0.05, 0.1) is 24.8 Å². The minimum absolute atomic E-state index is 0.00544. The summed E-state index contributed by atoms with van der Waals surface area (Å²) >= 11 is 1.09. The Kier molecular flexibility index (Phi) is 8.36. The van der Waals surface area contributed by atoms with Crippen LogP contribution in [0.2, 0.25) is 0 Å². The number of ether oxygens (including phenoxy) is 1. The fourth-order valence-corrected chi connectivity index (χ4v) is 6.65. The van der Waals surface area contributed by atoms with Crippen molar-refractivity contribution in [2.75, 3.05) is 26.7 Å². The number of nitrogens with zero attached hydrogens (tertiary/aromatic N) is 3. The van der Waals surface area contributed by atoms with Crippen LogP contribution in [0.25, 0.3) is 11.1 Å². The van der Waals surface area contributed by atoms with Crippen LogP contribution in [0.3, 0.4) is 0 Å². The Balaban J connectivity index is 1.73. The Hall–Kier alpha value is -3.00. The van der Waals surface area contributed by atoms with Crippen LogP contribution in [0.15, 0.2) is 58.3 Å². The number of carbonyl (C=O) groups is 1. The third-order valence-corrected chi connectivity index (χ3v) is 9.84. The molecule has 0 radical (unpaired) electrons. The van der Waals surface area contributed by atoms with Crippen LogP contribution in [0.1, 0.15) is 29.8 Å². The number of halogens is 3. The van der Waals surface area contributed by atoms with Crippen molar-refractivity contribution in [1.82, 2.24) is 14.2 Å². The molecule has 1 N–H and O–H groups in total. The summed E-state index contributed by atoms with van der Waals surface area (Å²) in [6, 6.07) is 8.66. The summed E-state index contributed by atoms with van der Waals surface area (Å²) in [5.41, 5.74) is -0.348. The molecule has 3 aromatic rings. The van der Waals surface area contributed by atoms with Crippen LogP contribution in [0.4, 0.5) is 13.2 Å². The molecule has 1 aliphatic rings. The van der Waals surface area contributed by atoms with Gasteiger partial charge >= 0.3 is 6.18 Å². The van der Waals surface area contributed by atoms with Gasteiger partial charge in [0.15, 0.2) is 0 Å². The molecule has 3 atom stereocenters. The normalized spacial score (nSPS) is 19.3. The Morgan fingerprint density at radius 2 is 1.97 bits per heavy atom. The molecule has 4 rings (SSSR count). The molecule has 2 aromatic heterocycles. The Bertz CT molecular complexity index is 1430. The molecule has 13 heteroatoms. The molecular formula is C26H28F3N3O5S2. The van der Waals surface area contributed by atoms with Crippen LogP contribution >= 0.6 is 11.3 Å². The number of aliphatic hydroxyl groups is 1. The number of likely N-dealkylation sites (N-methyl/N-ethyl adjacent to an activating group) is 1. The van der Waals surface area contributed by atoms with Crippen LogP contribution in [0, 0.1) is 5.92 Å². The highest BCUT2D eigenvalue weighted by Crippen LogP contribution is 2.34. The third-order valence-electron chi connectivity index (χ3n) is 6.64. The van der Waals surface area contributed by atoms with Gasteiger partial charge < -0.3 is 14.7 Å². The number of pyridine rings is 1. The summed E-state index contributed by atoms with van der Waals surface area (Å²) in [4.78, 5) is 19.3. The molecule has 0 saturated carbocycles. The predicted molar refractivity (Wildman–Crippen MR) is 140 cm³/mol. The molecule has 0 fully saturated rings. The van der Waals surface area contributed by atoms with Gasteiger partial charge in [0, 0.05) is 31.3 Å². The lowest BCUT2D eigenvalue weighted by molar-refractivity contribution is -0.137. The van der Waals surface area contributed by atoms with Crippen LogP contribution in [0.5, 0.6) is 5.88 Å². The fourth-order valence-electron chi connectivity index (χ4n) is 4.27. The smallest absolute Gasteiger partial charge is 0.416 e. The molecular weight excluding hydrogens is 555 g/mol. The second-order valence-corrected chi connectivity index (χ2v) is 12.7. The number of hydrogen-bond donors (Lipinski definition) is 1.